The van der Waals surface area contributed by atoms with E-state index in [1.54, 1.807) is 34.6 Å². The molecule has 0 fully saturated rings. The van der Waals surface area contributed by atoms with E-state index in [1.807, 2.05) is 0 Å². The summed E-state index contributed by atoms with van der Waals surface area (Å²) < 4.78 is 5.04. The summed E-state index contributed by atoms with van der Waals surface area (Å²) in [5, 5.41) is 13.3. The number of esters is 1. The first-order chi connectivity index (χ1) is 12.3. The number of carbonyl (C=O) groups excluding carboxylic acids is 3. The minimum atomic E-state index is -1.01. The van der Waals surface area contributed by atoms with Crippen molar-refractivity contribution < 1.29 is 24.0 Å². The lowest BCUT2D eigenvalue weighted by atomic mass is 9.91. The maximum Gasteiger partial charge on any atom is 0.329 e. The Bertz CT molecular complexity index is 755. The molecule has 0 bridgehead atoms. The minimum Gasteiger partial charge on any atom is -0.456 e. The van der Waals surface area contributed by atoms with Crippen molar-refractivity contribution in [2.24, 2.45) is 11.3 Å². The molecule has 1 aromatic carbocycles. The Morgan fingerprint density at radius 1 is 1.26 bits per heavy atom. The highest BCUT2D eigenvalue weighted by atomic mass is 35.5. The third kappa shape index (κ3) is 6.32. The smallest absolute Gasteiger partial charge is 0.329 e. The normalized spacial score (nSPS) is 12.4. The number of ketones is 1. The number of benzene rings is 1. The van der Waals surface area contributed by atoms with Gasteiger partial charge in [0.15, 0.2) is 12.4 Å². The van der Waals surface area contributed by atoms with Crippen LogP contribution in [0.1, 0.15) is 45.0 Å². The van der Waals surface area contributed by atoms with E-state index in [0.29, 0.717) is 0 Å². The predicted molar refractivity (Wildman–Crippen MR) is 99.6 cm³/mol. The summed E-state index contributed by atoms with van der Waals surface area (Å²) in [5.74, 6) is -2.02. The van der Waals surface area contributed by atoms with Crippen molar-refractivity contribution in [1.82, 2.24) is 5.32 Å². The Kier molecular flexibility index (Phi) is 7.47. The molecule has 148 valence electrons. The molecule has 9 heteroatoms. The number of hydrogen-bond donors (Lipinski definition) is 1. The zero-order valence-electron chi connectivity index (χ0n) is 15.9. The second-order valence-corrected chi connectivity index (χ2v) is 7.81. The van der Waals surface area contributed by atoms with Gasteiger partial charge >= 0.3 is 5.97 Å². The lowest BCUT2D eigenvalue weighted by Crippen LogP contribution is -2.46. The van der Waals surface area contributed by atoms with Crippen molar-refractivity contribution in [2.45, 2.75) is 40.7 Å². The van der Waals surface area contributed by atoms with E-state index in [4.69, 9.17) is 16.3 Å². The molecule has 0 aliphatic heterocycles. The quantitative estimate of drug-likeness (QED) is 0.428. The van der Waals surface area contributed by atoms with Crippen LogP contribution in [0.15, 0.2) is 18.2 Å². The van der Waals surface area contributed by atoms with Crippen molar-refractivity contribution in [3.63, 3.8) is 0 Å². The molecule has 1 amide bonds. The number of halogens is 1. The van der Waals surface area contributed by atoms with E-state index >= 15 is 0 Å². The summed E-state index contributed by atoms with van der Waals surface area (Å²) in [4.78, 5) is 46.8. The highest BCUT2D eigenvalue weighted by Crippen LogP contribution is 2.25. The first kappa shape index (κ1) is 22.6. The van der Waals surface area contributed by atoms with E-state index < -0.39 is 40.6 Å². The van der Waals surface area contributed by atoms with Gasteiger partial charge in [-0.25, -0.2) is 4.79 Å². The van der Waals surface area contributed by atoms with Crippen LogP contribution in [-0.2, 0) is 14.3 Å². The number of carbonyl (C=O) groups is 3. The fraction of sp³-hybridized carbons (Fsp3) is 0.500. The zero-order valence-corrected chi connectivity index (χ0v) is 16.6. The number of nitro benzene ring substituents is 1. The monoisotopic (exact) mass is 398 g/mol. The first-order valence-electron chi connectivity index (χ1n) is 8.29. The Labute approximate surface area is 162 Å². The maximum absolute atomic E-state index is 12.4. The lowest BCUT2D eigenvalue weighted by Gasteiger charge is -2.22. The fourth-order valence-electron chi connectivity index (χ4n) is 1.96. The summed E-state index contributed by atoms with van der Waals surface area (Å²) in [6.45, 7) is 8.12. The van der Waals surface area contributed by atoms with Crippen molar-refractivity contribution in [3.8, 4) is 0 Å². The standard InChI is InChI=1S/C18H23ClN2O6/c1-10(2)15(17(24)27-9-14(22)18(3,4)5)20-16(23)11-6-7-12(19)13(8-11)21(25)26/h6-8,10,15H,9H2,1-5H3,(H,20,23)/t15-/m0/s1. The highest BCUT2D eigenvalue weighted by molar-refractivity contribution is 6.32. The Hall–Kier alpha value is -2.48. The SMILES string of the molecule is CC(C)[C@H](NC(=O)c1ccc(Cl)c([N+](=O)[O-])c1)C(=O)OCC(=O)C(C)(C)C. The lowest BCUT2D eigenvalue weighted by molar-refractivity contribution is -0.384. The largest absolute Gasteiger partial charge is 0.456 e. The molecule has 1 atom stereocenters. The van der Waals surface area contributed by atoms with Crippen LogP contribution in [-0.4, -0.2) is 35.2 Å². The van der Waals surface area contributed by atoms with Crippen LogP contribution in [0.2, 0.25) is 5.02 Å². The van der Waals surface area contributed by atoms with Crippen molar-refractivity contribution >= 4 is 34.9 Å². The van der Waals surface area contributed by atoms with Crippen molar-refractivity contribution in [1.29, 1.82) is 0 Å². The van der Waals surface area contributed by atoms with Crippen LogP contribution in [0.5, 0.6) is 0 Å². The first-order valence-corrected chi connectivity index (χ1v) is 8.67. The Morgan fingerprint density at radius 3 is 2.33 bits per heavy atom. The van der Waals surface area contributed by atoms with E-state index in [0.717, 1.165) is 6.07 Å². The van der Waals surface area contributed by atoms with Gasteiger partial charge in [0.25, 0.3) is 11.6 Å². The van der Waals surface area contributed by atoms with Crippen molar-refractivity contribution in [2.75, 3.05) is 6.61 Å². The summed E-state index contributed by atoms with van der Waals surface area (Å²) in [6.07, 6.45) is 0. The average molecular weight is 399 g/mol. The number of amides is 1. The van der Waals surface area contributed by atoms with Crippen LogP contribution in [0.25, 0.3) is 0 Å². The summed E-state index contributed by atoms with van der Waals surface area (Å²) in [5.41, 5.74) is -1.09. The minimum absolute atomic E-state index is 0.0182. The molecule has 0 unspecified atom stereocenters. The molecular weight excluding hydrogens is 376 g/mol. The number of hydrogen-bond acceptors (Lipinski definition) is 6. The van der Waals surface area contributed by atoms with Crippen LogP contribution in [0.3, 0.4) is 0 Å². The molecule has 1 rings (SSSR count). The summed E-state index contributed by atoms with van der Waals surface area (Å²) >= 11 is 5.73. The molecule has 1 aromatic rings. The number of nitro groups is 1. The van der Waals surface area contributed by atoms with Gasteiger partial charge in [-0.3, -0.25) is 19.7 Å². The molecule has 0 spiro atoms. The molecular formula is C18H23ClN2O6. The molecule has 1 N–H and O–H groups in total. The highest BCUT2D eigenvalue weighted by Gasteiger charge is 2.29. The molecule has 27 heavy (non-hydrogen) atoms. The van der Waals surface area contributed by atoms with Crippen LogP contribution < -0.4 is 5.32 Å². The van der Waals surface area contributed by atoms with Crippen LogP contribution in [0, 0.1) is 21.4 Å². The molecule has 0 radical (unpaired) electrons. The molecule has 0 aliphatic carbocycles. The van der Waals surface area contributed by atoms with Gasteiger partial charge in [-0.2, -0.15) is 0 Å². The van der Waals surface area contributed by atoms with Gasteiger partial charge in [0, 0.05) is 17.0 Å². The number of nitrogens with zero attached hydrogens (tertiary/aromatic N) is 1. The fourth-order valence-corrected chi connectivity index (χ4v) is 2.15. The third-order valence-electron chi connectivity index (χ3n) is 3.79. The van der Waals surface area contributed by atoms with Gasteiger partial charge in [-0.1, -0.05) is 46.2 Å². The molecule has 0 aromatic heterocycles. The van der Waals surface area contributed by atoms with E-state index in [-0.39, 0.29) is 22.3 Å². The van der Waals surface area contributed by atoms with Gasteiger partial charge in [0.1, 0.15) is 11.1 Å². The van der Waals surface area contributed by atoms with Gasteiger partial charge in [0.2, 0.25) is 0 Å². The maximum atomic E-state index is 12.4. The molecule has 0 aliphatic rings. The van der Waals surface area contributed by atoms with Gasteiger partial charge in [0.05, 0.1) is 4.92 Å². The molecule has 0 saturated heterocycles. The topological polar surface area (TPSA) is 116 Å². The summed E-state index contributed by atoms with van der Waals surface area (Å²) in [7, 11) is 0. The average Bonchev–Trinajstić information content (AvgIpc) is 2.55. The molecule has 0 heterocycles. The molecule has 8 nitrogen and oxygen atoms in total. The van der Waals surface area contributed by atoms with Crippen molar-refractivity contribution in [3.05, 3.63) is 38.9 Å². The Morgan fingerprint density at radius 2 is 1.85 bits per heavy atom. The van der Waals surface area contributed by atoms with Gasteiger partial charge in [-0.15, -0.1) is 0 Å². The number of rotatable bonds is 7. The van der Waals surface area contributed by atoms with Crippen LogP contribution in [0.4, 0.5) is 5.69 Å². The summed E-state index contributed by atoms with van der Waals surface area (Å²) in [6, 6.07) is 2.57. The van der Waals surface area contributed by atoms with Crippen LogP contribution >= 0.6 is 11.6 Å². The van der Waals surface area contributed by atoms with E-state index in [2.05, 4.69) is 5.32 Å². The van der Waals surface area contributed by atoms with Gasteiger partial charge < -0.3 is 10.1 Å². The number of ether oxygens (including phenoxy) is 1. The van der Waals surface area contributed by atoms with Gasteiger partial charge in [-0.05, 0) is 18.1 Å². The zero-order chi connectivity index (χ0) is 20.9. The van der Waals surface area contributed by atoms with E-state index in [1.165, 1.54) is 12.1 Å². The number of nitrogens with one attached hydrogen (secondary N) is 1. The predicted octanol–water partition coefficient (Wildman–Crippen LogP) is 3.16. The second-order valence-electron chi connectivity index (χ2n) is 7.40. The Balaban J connectivity index is 2.89. The van der Waals surface area contributed by atoms with E-state index in [9.17, 15) is 24.5 Å². The number of Topliss-reactive ketones (excluding diaryl/α,β-unsaturated/α-hetero) is 1. The molecule has 0 saturated carbocycles. The second kappa shape index (κ2) is 8.94. The third-order valence-corrected chi connectivity index (χ3v) is 4.11.